The normalized spacial score (nSPS) is 19.5. The Kier molecular flexibility index (Phi) is 5.38. The third kappa shape index (κ3) is 4.29. The summed E-state index contributed by atoms with van der Waals surface area (Å²) < 4.78 is 10.7. The Morgan fingerprint density at radius 1 is 1.43 bits per heavy atom. The van der Waals surface area contributed by atoms with E-state index in [1.165, 1.54) is 0 Å². The number of aromatic nitrogens is 2. The van der Waals surface area contributed by atoms with Crippen molar-refractivity contribution in [2.24, 2.45) is 11.8 Å². The van der Waals surface area contributed by atoms with Crippen molar-refractivity contribution in [3.63, 3.8) is 0 Å². The van der Waals surface area contributed by atoms with Crippen LogP contribution in [-0.4, -0.2) is 46.8 Å². The average Bonchev–Trinajstić information content (AvgIpc) is 2.97. The van der Waals surface area contributed by atoms with Crippen LogP contribution in [0, 0.1) is 5.92 Å². The fourth-order valence-corrected chi connectivity index (χ4v) is 2.70. The van der Waals surface area contributed by atoms with Crippen LogP contribution in [0.25, 0.3) is 0 Å². The summed E-state index contributed by atoms with van der Waals surface area (Å²) in [4.78, 5) is 22.4. The molecule has 1 amide bonds. The number of hydrazine groups is 1. The van der Waals surface area contributed by atoms with E-state index in [4.69, 9.17) is 15.3 Å². The van der Waals surface area contributed by atoms with E-state index < -0.39 is 5.60 Å². The first-order chi connectivity index (χ1) is 10.9. The van der Waals surface area contributed by atoms with Crippen molar-refractivity contribution in [3.8, 4) is 5.88 Å². The van der Waals surface area contributed by atoms with Crippen LogP contribution in [0.15, 0.2) is 12.4 Å². The number of carbonyl (C=O) groups is 1. The van der Waals surface area contributed by atoms with Crippen molar-refractivity contribution in [1.82, 2.24) is 20.3 Å². The van der Waals surface area contributed by atoms with Crippen LogP contribution in [0.5, 0.6) is 5.88 Å². The van der Waals surface area contributed by atoms with E-state index in [1.807, 2.05) is 20.8 Å². The number of nitrogens with zero attached hydrogens (tertiary/aromatic N) is 3. The van der Waals surface area contributed by atoms with Crippen LogP contribution in [0.3, 0.4) is 0 Å². The quantitative estimate of drug-likeness (QED) is 0.635. The lowest BCUT2D eigenvalue weighted by Crippen LogP contribution is -2.38. The summed E-state index contributed by atoms with van der Waals surface area (Å²) in [6.45, 7) is 6.73. The van der Waals surface area contributed by atoms with E-state index in [0.717, 1.165) is 6.42 Å². The van der Waals surface area contributed by atoms with E-state index >= 15 is 0 Å². The number of rotatable bonds is 4. The van der Waals surface area contributed by atoms with Gasteiger partial charge in [0, 0.05) is 31.4 Å². The molecule has 8 heteroatoms. The monoisotopic (exact) mass is 323 g/mol. The van der Waals surface area contributed by atoms with Crippen LogP contribution in [0.1, 0.15) is 38.9 Å². The molecule has 1 saturated heterocycles. The largest absolute Gasteiger partial charge is 0.480 e. The molecule has 2 atom stereocenters. The summed E-state index contributed by atoms with van der Waals surface area (Å²) in [5.41, 5.74) is 2.92. The van der Waals surface area contributed by atoms with Gasteiger partial charge in [-0.15, -0.1) is 0 Å². The Morgan fingerprint density at radius 2 is 2.13 bits per heavy atom. The first-order valence-corrected chi connectivity index (χ1v) is 7.64. The maximum Gasteiger partial charge on any atom is 0.410 e. The molecule has 1 aliphatic rings. The van der Waals surface area contributed by atoms with Crippen LogP contribution in [0.2, 0.25) is 0 Å². The molecule has 1 fully saturated rings. The molecule has 0 aliphatic carbocycles. The molecule has 8 nitrogen and oxygen atoms in total. The summed E-state index contributed by atoms with van der Waals surface area (Å²) in [5.74, 6) is 6.27. The number of amides is 1. The Balaban J connectivity index is 2.08. The van der Waals surface area contributed by atoms with Gasteiger partial charge in [0.05, 0.1) is 13.2 Å². The van der Waals surface area contributed by atoms with Crippen molar-refractivity contribution < 1.29 is 14.3 Å². The first-order valence-electron chi connectivity index (χ1n) is 7.64. The van der Waals surface area contributed by atoms with Crippen molar-refractivity contribution in [2.45, 2.75) is 38.8 Å². The van der Waals surface area contributed by atoms with Gasteiger partial charge in [-0.2, -0.15) is 0 Å². The number of nitrogens with one attached hydrogen (secondary N) is 1. The maximum atomic E-state index is 12.2. The molecule has 128 valence electrons. The van der Waals surface area contributed by atoms with E-state index in [0.29, 0.717) is 24.7 Å². The molecule has 1 aliphatic heterocycles. The molecule has 1 aromatic rings. The summed E-state index contributed by atoms with van der Waals surface area (Å²) in [6, 6.07) is -0.244. The van der Waals surface area contributed by atoms with Crippen molar-refractivity contribution in [3.05, 3.63) is 18.1 Å². The van der Waals surface area contributed by atoms with Gasteiger partial charge in [0.15, 0.2) is 0 Å². The Morgan fingerprint density at radius 3 is 2.74 bits per heavy atom. The zero-order valence-electron chi connectivity index (χ0n) is 14.1. The van der Waals surface area contributed by atoms with E-state index in [9.17, 15) is 4.79 Å². The third-order valence-electron chi connectivity index (χ3n) is 3.71. The van der Waals surface area contributed by atoms with Crippen molar-refractivity contribution in [1.29, 1.82) is 0 Å². The predicted octanol–water partition coefficient (Wildman–Crippen LogP) is 1.25. The minimum absolute atomic E-state index is 0.109. The zero-order chi connectivity index (χ0) is 17.0. The van der Waals surface area contributed by atoms with Gasteiger partial charge >= 0.3 is 6.09 Å². The topological polar surface area (TPSA) is 103 Å². The van der Waals surface area contributed by atoms with Crippen LogP contribution in [0.4, 0.5) is 4.79 Å². The Bertz CT molecular complexity index is 546. The van der Waals surface area contributed by atoms with E-state index in [-0.39, 0.29) is 18.1 Å². The van der Waals surface area contributed by atoms with Gasteiger partial charge in [-0.25, -0.2) is 9.78 Å². The number of likely N-dealkylation sites (tertiary alicyclic amines) is 1. The predicted molar refractivity (Wildman–Crippen MR) is 84.6 cm³/mol. The molecular formula is C15H25N5O3. The molecule has 2 rings (SSSR count). The third-order valence-corrected chi connectivity index (χ3v) is 3.71. The number of hydrogen-bond donors (Lipinski definition) is 2. The highest BCUT2D eigenvalue weighted by Crippen LogP contribution is 2.32. The van der Waals surface area contributed by atoms with E-state index in [2.05, 4.69) is 15.4 Å². The highest BCUT2D eigenvalue weighted by Gasteiger charge is 2.36. The van der Waals surface area contributed by atoms with E-state index in [1.54, 1.807) is 24.4 Å². The van der Waals surface area contributed by atoms with Gasteiger partial charge in [0.25, 0.3) is 0 Å². The minimum atomic E-state index is -0.505. The second-order valence-electron chi connectivity index (χ2n) is 6.57. The van der Waals surface area contributed by atoms with Crippen LogP contribution < -0.4 is 16.0 Å². The highest BCUT2D eigenvalue weighted by atomic mass is 16.6. The smallest absolute Gasteiger partial charge is 0.410 e. The molecule has 0 bridgehead atoms. The molecule has 0 radical (unpaired) electrons. The number of nitrogens with two attached hydrogens (primary N) is 1. The lowest BCUT2D eigenvalue weighted by Gasteiger charge is -2.26. The fraction of sp³-hybridized carbons (Fsp3) is 0.667. The molecule has 1 aromatic heterocycles. The number of methoxy groups -OCH3 is 1. The molecule has 3 N–H and O–H groups in total. The molecule has 23 heavy (non-hydrogen) atoms. The number of carbonyl (C=O) groups excluding carboxylic acids is 1. The van der Waals surface area contributed by atoms with Gasteiger partial charge < -0.3 is 14.4 Å². The Labute approximate surface area is 136 Å². The molecule has 0 spiro atoms. The second kappa shape index (κ2) is 7.10. The lowest BCUT2D eigenvalue weighted by atomic mass is 9.96. The van der Waals surface area contributed by atoms with Gasteiger partial charge in [-0.1, -0.05) is 0 Å². The van der Waals surface area contributed by atoms with Gasteiger partial charge in [0.1, 0.15) is 11.3 Å². The number of ether oxygens (including phenoxy) is 2. The first kappa shape index (κ1) is 17.4. The summed E-state index contributed by atoms with van der Waals surface area (Å²) >= 11 is 0. The maximum absolute atomic E-state index is 12.2. The molecule has 2 heterocycles. The van der Waals surface area contributed by atoms with Crippen LogP contribution >= 0.6 is 0 Å². The zero-order valence-corrected chi connectivity index (χ0v) is 14.1. The minimum Gasteiger partial charge on any atom is -0.480 e. The van der Waals surface area contributed by atoms with Gasteiger partial charge in [0.2, 0.25) is 5.88 Å². The lowest BCUT2D eigenvalue weighted by molar-refractivity contribution is 0.0285. The molecule has 2 unspecified atom stereocenters. The molecule has 0 saturated carbocycles. The average molecular weight is 323 g/mol. The highest BCUT2D eigenvalue weighted by molar-refractivity contribution is 5.68. The SMILES string of the molecule is COc1nccnc1C(NN)C1CCN(C(=O)OC(C)(C)C)C1. The molecule has 0 aromatic carbocycles. The summed E-state index contributed by atoms with van der Waals surface area (Å²) in [6.07, 6.45) is 3.66. The second-order valence-corrected chi connectivity index (χ2v) is 6.57. The summed E-state index contributed by atoms with van der Waals surface area (Å²) in [7, 11) is 1.54. The van der Waals surface area contributed by atoms with Gasteiger partial charge in [-0.3, -0.25) is 16.3 Å². The Hall–Kier alpha value is -1.93. The molecular weight excluding hydrogens is 298 g/mol. The standard InChI is InChI=1S/C15H25N5O3/c1-15(2,3)23-14(21)20-8-5-10(9-20)11(19-16)12-13(22-4)18-7-6-17-12/h6-7,10-11,19H,5,8-9,16H2,1-4H3. The number of hydrogen-bond acceptors (Lipinski definition) is 7. The fourth-order valence-electron chi connectivity index (χ4n) is 2.70. The van der Waals surface area contributed by atoms with Crippen molar-refractivity contribution in [2.75, 3.05) is 20.2 Å². The summed E-state index contributed by atoms with van der Waals surface area (Å²) in [5, 5.41) is 0. The van der Waals surface area contributed by atoms with Crippen molar-refractivity contribution >= 4 is 6.09 Å². The van der Waals surface area contributed by atoms with Gasteiger partial charge in [-0.05, 0) is 27.2 Å². The van der Waals surface area contributed by atoms with Crippen LogP contribution in [-0.2, 0) is 4.74 Å².